The fourth-order valence-corrected chi connectivity index (χ4v) is 6.92. The number of likely N-dealkylation sites (tertiary alicyclic amines) is 2. The lowest BCUT2D eigenvalue weighted by Gasteiger charge is -2.48. The molecular formula is C35H37F6N3O2. The second-order valence-corrected chi connectivity index (χ2v) is 12.4. The molecule has 2 heterocycles. The van der Waals surface area contributed by atoms with E-state index in [9.17, 15) is 35.9 Å². The van der Waals surface area contributed by atoms with Gasteiger partial charge in [0.25, 0.3) is 5.91 Å². The summed E-state index contributed by atoms with van der Waals surface area (Å²) in [5.41, 5.74) is -1.79. The Morgan fingerprint density at radius 1 is 0.826 bits per heavy atom. The fraction of sp³-hybridized carbons (Fsp3) is 0.429. The van der Waals surface area contributed by atoms with Gasteiger partial charge < -0.3 is 15.1 Å². The van der Waals surface area contributed by atoms with E-state index in [1.54, 1.807) is 0 Å². The van der Waals surface area contributed by atoms with Gasteiger partial charge in [-0.25, -0.2) is 0 Å². The van der Waals surface area contributed by atoms with Gasteiger partial charge in [-0.15, -0.1) is 0 Å². The quantitative estimate of drug-likeness (QED) is 0.279. The average Bonchev–Trinajstić information content (AvgIpc) is 3.03. The molecule has 0 bridgehead atoms. The predicted octanol–water partition coefficient (Wildman–Crippen LogP) is 7.11. The van der Waals surface area contributed by atoms with Gasteiger partial charge in [0, 0.05) is 43.1 Å². The molecule has 2 unspecified atom stereocenters. The standard InChI is InChI=1S/C35H37F6N3O2/c1-24(45)42-23-33(27-10-6-3-7-11-27)13-16-43(17-14-33)30-12-15-44(31(22-30)18-25-8-4-2-5-9-25)32(46)26-19-28(34(36,37)38)21-29(20-26)35(39,40)41/h2-11,19-21,30-31H,12-18,22-23H2,1H3,(H,42,45). The molecule has 0 saturated carbocycles. The van der Waals surface area contributed by atoms with E-state index in [0.717, 1.165) is 37.1 Å². The van der Waals surface area contributed by atoms with Crippen LogP contribution >= 0.6 is 0 Å². The van der Waals surface area contributed by atoms with Gasteiger partial charge in [-0.2, -0.15) is 26.3 Å². The zero-order chi connectivity index (χ0) is 33.1. The molecular weight excluding hydrogens is 608 g/mol. The number of hydrogen-bond acceptors (Lipinski definition) is 3. The lowest BCUT2D eigenvalue weighted by molar-refractivity contribution is -0.143. The van der Waals surface area contributed by atoms with Crippen LogP contribution in [0.4, 0.5) is 26.3 Å². The third-order valence-electron chi connectivity index (χ3n) is 9.43. The number of nitrogens with one attached hydrogen (secondary N) is 1. The van der Waals surface area contributed by atoms with Crippen LogP contribution in [0.1, 0.15) is 65.2 Å². The minimum atomic E-state index is -5.05. The van der Waals surface area contributed by atoms with Gasteiger partial charge >= 0.3 is 12.4 Å². The predicted molar refractivity (Wildman–Crippen MR) is 162 cm³/mol. The van der Waals surface area contributed by atoms with Gasteiger partial charge in [0.2, 0.25) is 5.91 Å². The SMILES string of the molecule is CC(=O)NCC1(c2ccccc2)CCN(C2CCN(C(=O)c3cc(C(F)(F)F)cc(C(F)(F)F)c3)C(Cc3ccccc3)C2)CC1. The summed E-state index contributed by atoms with van der Waals surface area (Å²) in [6.07, 6.45) is -7.03. The number of hydrogen-bond donors (Lipinski definition) is 1. The van der Waals surface area contributed by atoms with Crippen molar-refractivity contribution in [2.24, 2.45) is 0 Å². The first kappa shape index (κ1) is 33.5. The number of carbonyl (C=O) groups excluding carboxylic acids is 2. The van der Waals surface area contributed by atoms with Crippen LogP contribution in [-0.4, -0.2) is 59.9 Å². The summed E-state index contributed by atoms with van der Waals surface area (Å²) in [6.45, 7) is 3.70. The Bertz CT molecular complexity index is 1470. The first-order valence-corrected chi connectivity index (χ1v) is 15.4. The van der Waals surface area contributed by atoms with Gasteiger partial charge in [-0.3, -0.25) is 9.59 Å². The van der Waals surface area contributed by atoms with E-state index in [1.165, 1.54) is 11.8 Å². The van der Waals surface area contributed by atoms with E-state index in [0.29, 0.717) is 37.9 Å². The van der Waals surface area contributed by atoms with Gasteiger partial charge in [0.15, 0.2) is 0 Å². The maximum atomic E-state index is 13.8. The van der Waals surface area contributed by atoms with E-state index < -0.39 is 41.0 Å². The highest BCUT2D eigenvalue weighted by Crippen LogP contribution is 2.39. The molecule has 3 aromatic carbocycles. The highest BCUT2D eigenvalue weighted by Gasteiger charge is 2.42. The Hall–Kier alpha value is -3.86. The zero-order valence-electron chi connectivity index (χ0n) is 25.5. The highest BCUT2D eigenvalue weighted by molar-refractivity contribution is 5.95. The fourth-order valence-electron chi connectivity index (χ4n) is 6.92. The summed E-state index contributed by atoms with van der Waals surface area (Å²) >= 11 is 0. The maximum absolute atomic E-state index is 13.8. The van der Waals surface area contributed by atoms with Crippen molar-refractivity contribution < 1.29 is 35.9 Å². The number of nitrogens with zero attached hydrogens (tertiary/aromatic N) is 2. The molecule has 5 rings (SSSR count). The van der Waals surface area contributed by atoms with Crippen molar-refractivity contribution in [1.82, 2.24) is 15.1 Å². The number of benzene rings is 3. The lowest BCUT2D eigenvalue weighted by Crippen LogP contribution is -2.56. The van der Waals surface area contributed by atoms with Crippen LogP contribution in [0.3, 0.4) is 0 Å². The molecule has 2 saturated heterocycles. The summed E-state index contributed by atoms with van der Waals surface area (Å²) in [4.78, 5) is 29.4. The van der Waals surface area contributed by atoms with Crippen molar-refractivity contribution in [3.8, 4) is 0 Å². The van der Waals surface area contributed by atoms with E-state index in [2.05, 4.69) is 22.3 Å². The first-order chi connectivity index (χ1) is 21.7. The summed E-state index contributed by atoms with van der Waals surface area (Å²) < 4.78 is 81.6. The summed E-state index contributed by atoms with van der Waals surface area (Å²) in [5, 5.41) is 3.00. The van der Waals surface area contributed by atoms with Gasteiger partial charge in [-0.1, -0.05) is 60.7 Å². The van der Waals surface area contributed by atoms with Crippen molar-refractivity contribution in [1.29, 1.82) is 0 Å². The van der Waals surface area contributed by atoms with Crippen molar-refractivity contribution in [3.63, 3.8) is 0 Å². The molecule has 1 N–H and O–H groups in total. The minimum Gasteiger partial charge on any atom is -0.355 e. The average molecular weight is 646 g/mol. The Morgan fingerprint density at radius 3 is 1.93 bits per heavy atom. The molecule has 0 aromatic heterocycles. The van der Waals surface area contributed by atoms with Crippen LogP contribution in [0.15, 0.2) is 78.9 Å². The summed E-state index contributed by atoms with van der Waals surface area (Å²) in [5.74, 6) is -0.935. The molecule has 46 heavy (non-hydrogen) atoms. The molecule has 2 atom stereocenters. The van der Waals surface area contributed by atoms with Crippen molar-refractivity contribution in [3.05, 3.63) is 107 Å². The van der Waals surface area contributed by atoms with Crippen LogP contribution in [0.5, 0.6) is 0 Å². The monoisotopic (exact) mass is 645 g/mol. The third-order valence-corrected chi connectivity index (χ3v) is 9.43. The Balaban J connectivity index is 1.38. The molecule has 2 aliphatic heterocycles. The van der Waals surface area contributed by atoms with E-state index >= 15 is 0 Å². The second kappa shape index (κ2) is 13.5. The first-order valence-electron chi connectivity index (χ1n) is 15.4. The van der Waals surface area contributed by atoms with Gasteiger partial charge in [-0.05, 0) is 74.5 Å². The maximum Gasteiger partial charge on any atom is 0.416 e. The molecule has 246 valence electrons. The Labute approximate surface area is 264 Å². The molecule has 5 nitrogen and oxygen atoms in total. The highest BCUT2D eigenvalue weighted by atomic mass is 19.4. The van der Waals surface area contributed by atoms with Gasteiger partial charge in [0.05, 0.1) is 11.1 Å². The molecule has 0 radical (unpaired) electrons. The largest absolute Gasteiger partial charge is 0.416 e. The number of alkyl halides is 6. The summed E-state index contributed by atoms with van der Waals surface area (Å²) in [6, 6.07) is 20.2. The van der Waals surface area contributed by atoms with E-state index in [4.69, 9.17) is 0 Å². The van der Waals surface area contributed by atoms with Crippen molar-refractivity contribution in [2.75, 3.05) is 26.2 Å². The smallest absolute Gasteiger partial charge is 0.355 e. The molecule has 2 fully saturated rings. The molecule has 0 spiro atoms. The number of rotatable bonds is 7. The second-order valence-electron chi connectivity index (χ2n) is 12.4. The van der Waals surface area contributed by atoms with Crippen LogP contribution in [0, 0.1) is 0 Å². The molecule has 2 aliphatic rings. The molecule has 2 amide bonds. The number of piperidine rings is 2. The molecule has 3 aromatic rings. The molecule has 0 aliphatic carbocycles. The lowest BCUT2D eigenvalue weighted by atomic mass is 9.72. The van der Waals surface area contributed by atoms with Crippen LogP contribution in [0.2, 0.25) is 0 Å². The Kier molecular flexibility index (Phi) is 9.81. The third kappa shape index (κ3) is 7.74. The summed E-state index contributed by atoms with van der Waals surface area (Å²) in [7, 11) is 0. The zero-order valence-corrected chi connectivity index (χ0v) is 25.5. The number of amides is 2. The number of carbonyl (C=O) groups is 2. The van der Waals surface area contributed by atoms with Crippen molar-refractivity contribution in [2.45, 2.75) is 68.9 Å². The van der Waals surface area contributed by atoms with Crippen LogP contribution in [-0.2, 0) is 29.0 Å². The topological polar surface area (TPSA) is 52.7 Å². The van der Waals surface area contributed by atoms with Crippen molar-refractivity contribution >= 4 is 11.8 Å². The van der Waals surface area contributed by atoms with Crippen LogP contribution < -0.4 is 5.32 Å². The Morgan fingerprint density at radius 2 is 1.39 bits per heavy atom. The van der Waals surface area contributed by atoms with Crippen LogP contribution in [0.25, 0.3) is 0 Å². The van der Waals surface area contributed by atoms with E-state index in [-0.39, 0.29) is 30.0 Å². The van der Waals surface area contributed by atoms with Gasteiger partial charge in [0.1, 0.15) is 0 Å². The molecule has 11 heteroatoms. The van der Waals surface area contributed by atoms with E-state index in [1.807, 2.05) is 48.5 Å². The number of halogens is 6. The minimum absolute atomic E-state index is 0.0439. The normalized spacial score (nSPS) is 20.7.